The van der Waals surface area contributed by atoms with E-state index >= 15 is 0 Å². The third-order valence-corrected chi connectivity index (χ3v) is 3.68. The molecule has 2 aromatic heterocycles. The van der Waals surface area contributed by atoms with Crippen molar-refractivity contribution in [3.63, 3.8) is 0 Å². The summed E-state index contributed by atoms with van der Waals surface area (Å²) in [7, 11) is 0. The molecule has 1 aliphatic rings. The van der Waals surface area contributed by atoms with E-state index in [1.807, 2.05) is 0 Å². The predicted molar refractivity (Wildman–Crippen MR) is 74.9 cm³/mol. The first-order chi connectivity index (χ1) is 9.65. The number of rotatable bonds is 3. The van der Waals surface area contributed by atoms with Crippen LogP contribution in [0.4, 0.5) is 11.6 Å². The van der Waals surface area contributed by atoms with Crippen LogP contribution in [0.2, 0.25) is 0 Å². The summed E-state index contributed by atoms with van der Waals surface area (Å²) in [4.78, 5) is 15.5. The van der Waals surface area contributed by atoms with E-state index in [0.717, 1.165) is 12.8 Å². The number of carbonyl (C=O) groups is 1. The first-order valence-corrected chi connectivity index (χ1v) is 6.80. The number of hydrogen-bond acceptors (Lipinski definition) is 5. The fraction of sp³-hybridized carbons (Fsp3) is 0.462. The van der Waals surface area contributed by atoms with Crippen LogP contribution in [0, 0.1) is 0 Å². The Morgan fingerprint density at radius 3 is 2.80 bits per heavy atom. The number of nitrogens with zero attached hydrogens (tertiary/aromatic N) is 3. The molecule has 106 valence electrons. The summed E-state index contributed by atoms with van der Waals surface area (Å²) in [5.41, 5.74) is 6.63. The molecule has 7 nitrogen and oxygen atoms in total. The number of hydrogen-bond donors (Lipinski definition) is 3. The summed E-state index contributed by atoms with van der Waals surface area (Å²) >= 11 is 0. The normalized spacial score (nSPS) is 16.4. The van der Waals surface area contributed by atoms with Gasteiger partial charge in [-0.1, -0.05) is 19.3 Å². The highest BCUT2D eigenvalue weighted by Gasteiger charge is 2.20. The zero-order valence-electron chi connectivity index (χ0n) is 11.0. The minimum absolute atomic E-state index is 0.0716. The lowest BCUT2D eigenvalue weighted by molar-refractivity contribution is 0.0688. The van der Waals surface area contributed by atoms with Gasteiger partial charge >= 0.3 is 5.97 Å². The number of aromatic nitrogens is 3. The molecule has 1 saturated carbocycles. The van der Waals surface area contributed by atoms with E-state index in [1.54, 1.807) is 12.1 Å². The molecule has 20 heavy (non-hydrogen) atoms. The van der Waals surface area contributed by atoms with Crippen molar-refractivity contribution >= 4 is 23.3 Å². The average molecular weight is 275 g/mol. The number of nitrogen functional groups attached to an aromatic ring is 1. The number of nitrogens with one attached hydrogen (secondary N) is 1. The number of fused-ring (bicyclic) bond motifs is 1. The molecule has 7 heteroatoms. The fourth-order valence-corrected chi connectivity index (χ4v) is 2.75. The second-order valence-electron chi connectivity index (χ2n) is 5.12. The molecule has 0 aliphatic heterocycles. The van der Waals surface area contributed by atoms with E-state index in [-0.39, 0.29) is 11.6 Å². The second kappa shape index (κ2) is 4.99. The van der Waals surface area contributed by atoms with Gasteiger partial charge in [0.25, 0.3) is 0 Å². The first-order valence-electron chi connectivity index (χ1n) is 6.80. The molecule has 0 aromatic carbocycles. The molecule has 2 aromatic rings. The minimum Gasteiger partial charge on any atom is -0.476 e. The molecule has 0 saturated heterocycles. The van der Waals surface area contributed by atoms with Gasteiger partial charge in [0.2, 0.25) is 5.95 Å². The van der Waals surface area contributed by atoms with Crippen molar-refractivity contribution in [2.24, 2.45) is 0 Å². The molecule has 2 heterocycles. The zero-order chi connectivity index (χ0) is 14.1. The van der Waals surface area contributed by atoms with Crippen molar-refractivity contribution < 1.29 is 9.90 Å². The van der Waals surface area contributed by atoms with E-state index in [4.69, 9.17) is 5.73 Å². The highest BCUT2D eigenvalue weighted by Crippen LogP contribution is 2.24. The number of anilines is 2. The SMILES string of the molecule is Nc1nc2ccc(NC3CCCCC3)c(C(=O)O)n2n1. The van der Waals surface area contributed by atoms with E-state index in [9.17, 15) is 9.90 Å². The Morgan fingerprint density at radius 2 is 2.10 bits per heavy atom. The Hall–Kier alpha value is -2.31. The monoisotopic (exact) mass is 275 g/mol. The summed E-state index contributed by atoms with van der Waals surface area (Å²) in [5, 5.41) is 16.7. The lowest BCUT2D eigenvalue weighted by Gasteiger charge is -2.24. The van der Waals surface area contributed by atoms with Crippen LogP contribution in [0.1, 0.15) is 42.6 Å². The van der Waals surface area contributed by atoms with Crippen LogP contribution >= 0.6 is 0 Å². The first kappa shape index (κ1) is 12.7. The number of carboxylic acids is 1. The van der Waals surface area contributed by atoms with Crippen LogP contribution in [0.25, 0.3) is 5.65 Å². The van der Waals surface area contributed by atoms with Gasteiger partial charge in [-0.3, -0.25) is 0 Å². The number of pyridine rings is 1. The smallest absolute Gasteiger partial charge is 0.356 e. The Labute approximate surface area is 115 Å². The van der Waals surface area contributed by atoms with Crippen LogP contribution in [-0.4, -0.2) is 31.7 Å². The van der Waals surface area contributed by atoms with Gasteiger partial charge < -0.3 is 16.2 Å². The largest absolute Gasteiger partial charge is 0.476 e. The second-order valence-corrected chi connectivity index (χ2v) is 5.12. The Morgan fingerprint density at radius 1 is 1.35 bits per heavy atom. The van der Waals surface area contributed by atoms with Gasteiger partial charge in [-0.25, -0.2) is 9.31 Å². The van der Waals surface area contributed by atoms with E-state index in [2.05, 4.69) is 15.4 Å². The van der Waals surface area contributed by atoms with Gasteiger partial charge in [0.1, 0.15) is 0 Å². The summed E-state index contributed by atoms with van der Waals surface area (Å²) in [6.45, 7) is 0. The van der Waals surface area contributed by atoms with Gasteiger partial charge in [-0.05, 0) is 25.0 Å². The molecule has 4 N–H and O–H groups in total. The van der Waals surface area contributed by atoms with Crippen molar-refractivity contribution in [2.75, 3.05) is 11.1 Å². The van der Waals surface area contributed by atoms with Crippen molar-refractivity contribution in [3.8, 4) is 0 Å². The van der Waals surface area contributed by atoms with Gasteiger partial charge in [0, 0.05) is 6.04 Å². The van der Waals surface area contributed by atoms with Gasteiger partial charge in [-0.2, -0.15) is 4.98 Å². The van der Waals surface area contributed by atoms with E-state index < -0.39 is 5.97 Å². The maximum absolute atomic E-state index is 11.5. The number of aromatic carboxylic acids is 1. The van der Waals surface area contributed by atoms with Crippen LogP contribution in [0.15, 0.2) is 12.1 Å². The van der Waals surface area contributed by atoms with Crippen molar-refractivity contribution in [2.45, 2.75) is 38.1 Å². The van der Waals surface area contributed by atoms with Gasteiger partial charge in [0.05, 0.1) is 5.69 Å². The molecular formula is C13H17N5O2. The number of nitrogens with two attached hydrogens (primary N) is 1. The Bertz CT molecular complexity index is 645. The molecule has 1 fully saturated rings. The van der Waals surface area contributed by atoms with Crippen molar-refractivity contribution in [3.05, 3.63) is 17.8 Å². The molecule has 0 spiro atoms. The highest BCUT2D eigenvalue weighted by molar-refractivity contribution is 5.93. The van der Waals surface area contributed by atoms with Crippen LogP contribution in [-0.2, 0) is 0 Å². The third-order valence-electron chi connectivity index (χ3n) is 3.68. The van der Waals surface area contributed by atoms with Crippen molar-refractivity contribution in [1.29, 1.82) is 0 Å². The maximum Gasteiger partial charge on any atom is 0.356 e. The van der Waals surface area contributed by atoms with Gasteiger partial charge in [0.15, 0.2) is 11.3 Å². The van der Waals surface area contributed by atoms with E-state index in [1.165, 1.54) is 23.8 Å². The van der Waals surface area contributed by atoms with Crippen LogP contribution in [0.3, 0.4) is 0 Å². The van der Waals surface area contributed by atoms with Crippen molar-refractivity contribution in [1.82, 2.24) is 14.6 Å². The molecular weight excluding hydrogens is 258 g/mol. The topological polar surface area (TPSA) is 106 Å². The molecule has 1 aliphatic carbocycles. The minimum atomic E-state index is -1.04. The standard InChI is InChI=1S/C13H17N5O2/c14-13-16-10-7-6-9(11(12(19)20)18(10)17-13)15-8-4-2-1-3-5-8/h6-8,15H,1-5H2,(H2,14,17)(H,19,20). The number of carboxylic acid groups (broad SMARTS) is 1. The van der Waals surface area contributed by atoms with E-state index in [0.29, 0.717) is 17.4 Å². The molecule has 0 atom stereocenters. The summed E-state index contributed by atoms with van der Waals surface area (Å²) in [5.74, 6) is -0.971. The zero-order valence-corrected chi connectivity index (χ0v) is 11.0. The highest BCUT2D eigenvalue weighted by atomic mass is 16.4. The molecule has 0 unspecified atom stereocenters. The van der Waals surface area contributed by atoms with Gasteiger partial charge in [-0.15, -0.1) is 5.10 Å². The summed E-state index contributed by atoms with van der Waals surface area (Å²) < 4.78 is 1.28. The summed E-state index contributed by atoms with van der Waals surface area (Å²) in [6, 6.07) is 3.78. The lowest BCUT2D eigenvalue weighted by Crippen LogP contribution is -2.24. The molecule has 0 bridgehead atoms. The molecule has 0 amide bonds. The summed E-state index contributed by atoms with van der Waals surface area (Å²) in [6.07, 6.45) is 5.74. The molecule has 0 radical (unpaired) electrons. The lowest BCUT2D eigenvalue weighted by atomic mass is 9.95. The fourth-order valence-electron chi connectivity index (χ4n) is 2.75. The van der Waals surface area contributed by atoms with Crippen LogP contribution < -0.4 is 11.1 Å². The maximum atomic E-state index is 11.5. The third kappa shape index (κ3) is 2.26. The predicted octanol–water partition coefficient (Wildman–Crippen LogP) is 1.75. The average Bonchev–Trinajstić information content (AvgIpc) is 2.79. The Kier molecular flexibility index (Phi) is 3.17. The quantitative estimate of drug-likeness (QED) is 0.788. The van der Waals surface area contributed by atoms with Crippen LogP contribution in [0.5, 0.6) is 0 Å². The Balaban J connectivity index is 2.00. The molecule has 3 rings (SSSR count).